The van der Waals surface area contributed by atoms with Crippen molar-refractivity contribution in [2.75, 3.05) is 31.6 Å². The second-order valence-electron chi connectivity index (χ2n) is 5.02. The summed E-state index contributed by atoms with van der Waals surface area (Å²) in [5.74, 6) is 0. The van der Waals surface area contributed by atoms with Crippen LogP contribution in [0.15, 0.2) is 22.7 Å². The van der Waals surface area contributed by atoms with E-state index in [-0.39, 0.29) is 5.69 Å². The highest BCUT2D eigenvalue weighted by Crippen LogP contribution is 2.26. The summed E-state index contributed by atoms with van der Waals surface area (Å²) in [5.41, 5.74) is 0.948. The molecule has 0 aliphatic carbocycles. The van der Waals surface area contributed by atoms with E-state index in [1.54, 1.807) is 6.07 Å². The van der Waals surface area contributed by atoms with E-state index in [2.05, 4.69) is 26.6 Å². The Bertz CT molecular complexity index is 479. The van der Waals surface area contributed by atoms with E-state index in [0.29, 0.717) is 10.6 Å². The highest BCUT2D eigenvalue weighted by molar-refractivity contribution is 9.10. The van der Waals surface area contributed by atoms with E-state index < -0.39 is 4.92 Å². The summed E-state index contributed by atoms with van der Waals surface area (Å²) in [4.78, 5) is 10.3. The molecular formula is C14H20BrN3O3. The molecule has 0 amide bonds. The first-order chi connectivity index (χ1) is 10.2. The Hall–Kier alpha value is -1.18. The van der Waals surface area contributed by atoms with Gasteiger partial charge in [0.1, 0.15) is 0 Å². The number of halogens is 1. The van der Waals surface area contributed by atoms with Crippen molar-refractivity contribution in [3.8, 4) is 0 Å². The number of hydrogen-bond donors (Lipinski definition) is 2. The minimum atomic E-state index is -0.401. The van der Waals surface area contributed by atoms with Gasteiger partial charge in [-0.15, -0.1) is 0 Å². The minimum Gasteiger partial charge on any atom is -0.384 e. The van der Waals surface area contributed by atoms with Crippen molar-refractivity contribution in [1.82, 2.24) is 5.32 Å². The maximum Gasteiger partial charge on any atom is 0.270 e. The summed E-state index contributed by atoms with van der Waals surface area (Å²) >= 11 is 3.34. The van der Waals surface area contributed by atoms with Crippen LogP contribution in [0.25, 0.3) is 0 Å². The Balaban J connectivity index is 1.67. The lowest BCUT2D eigenvalue weighted by molar-refractivity contribution is -0.384. The molecule has 0 bridgehead atoms. The highest BCUT2D eigenvalue weighted by atomic mass is 79.9. The van der Waals surface area contributed by atoms with Gasteiger partial charge >= 0.3 is 0 Å². The Morgan fingerprint density at radius 1 is 1.43 bits per heavy atom. The van der Waals surface area contributed by atoms with Gasteiger partial charge in [0.15, 0.2) is 0 Å². The number of rotatable bonds is 7. The summed E-state index contributed by atoms with van der Waals surface area (Å²) in [6.07, 6.45) is 3.47. The normalized spacial score (nSPS) is 15.9. The third kappa shape index (κ3) is 5.26. The first kappa shape index (κ1) is 16.2. The number of benzene rings is 1. The largest absolute Gasteiger partial charge is 0.384 e. The summed E-state index contributed by atoms with van der Waals surface area (Å²) in [7, 11) is 0. The van der Waals surface area contributed by atoms with Gasteiger partial charge in [0.25, 0.3) is 5.69 Å². The predicted molar refractivity (Wildman–Crippen MR) is 85.7 cm³/mol. The number of nitrogens with one attached hydrogen (secondary N) is 2. The molecule has 0 saturated carbocycles. The Morgan fingerprint density at radius 3 is 2.86 bits per heavy atom. The van der Waals surface area contributed by atoms with Gasteiger partial charge in [-0.2, -0.15) is 0 Å². The van der Waals surface area contributed by atoms with Crippen LogP contribution in [0.3, 0.4) is 0 Å². The molecule has 1 aromatic rings. The van der Waals surface area contributed by atoms with Gasteiger partial charge in [-0.25, -0.2) is 0 Å². The molecule has 7 heteroatoms. The number of nitrogens with zero attached hydrogens (tertiary/aromatic N) is 1. The minimum absolute atomic E-state index is 0.0849. The van der Waals surface area contributed by atoms with E-state index >= 15 is 0 Å². The van der Waals surface area contributed by atoms with E-state index in [0.717, 1.165) is 51.2 Å². The van der Waals surface area contributed by atoms with Crippen LogP contribution in [0, 0.1) is 10.1 Å². The first-order valence-electron chi connectivity index (χ1n) is 7.17. The molecular weight excluding hydrogens is 338 g/mol. The molecule has 2 rings (SSSR count). The smallest absolute Gasteiger partial charge is 0.270 e. The Kier molecular flexibility index (Phi) is 6.41. The number of hydrogen-bond acceptors (Lipinski definition) is 5. The molecule has 6 nitrogen and oxygen atoms in total. The maximum absolute atomic E-state index is 10.7. The van der Waals surface area contributed by atoms with Crippen LogP contribution in [0.2, 0.25) is 0 Å². The van der Waals surface area contributed by atoms with Gasteiger partial charge in [-0.3, -0.25) is 10.1 Å². The van der Waals surface area contributed by atoms with Crippen LogP contribution in [-0.4, -0.2) is 37.3 Å². The topological polar surface area (TPSA) is 76.4 Å². The monoisotopic (exact) mass is 357 g/mol. The van der Waals surface area contributed by atoms with Crippen LogP contribution in [0.5, 0.6) is 0 Å². The number of nitro groups is 1. The van der Waals surface area contributed by atoms with E-state index in [4.69, 9.17) is 4.74 Å². The zero-order chi connectivity index (χ0) is 15.1. The van der Waals surface area contributed by atoms with Crippen molar-refractivity contribution in [2.45, 2.75) is 25.4 Å². The number of anilines is 1. The van der Waals surface area contributed by atoms with Crippen LogP contribution in [0.4, 0.5) is 11.4 Å². The molecule has 1 aliphatic rings. The van der Waals surface area contributed by atoms with Crippen molar-refractivity contribution in [3.05, 3.63) is 32.8 Å². The molecule has 0 spiro atoms. The average Bonchev–Trinajstić information content (AvgIpc) is 2.49. The fourth-order valence-corrected chi connectivity index (χ4v) is 2.78. The molecule has 2 N–H and O–H groups in total. The van der Waals surface area contributed by atoms with Crippen LogP contribution >= 0.6 is 15.9 Å². The second-order valence-corrected chi connectivity index (χ2v) is 5.88. The summed E-state index contributed by atoms with van der Waals surface area (Å²) in [6.45, 7) is 3.60. The van der Waals surface area contributed by atoms with Crippen LogP contribution in [-0.2, 0) is 4.74 Å². The van der Waals surface area contributed by atoms with E-state index in [1.165, 1.54) is 12.1 Å². The van der Waals surface area contributed by atoms with Crippen molar-refractivity contribution >= 4 is 27.3 Å². The number of nitro benzene ring substituents is 1. The third-order valence-corrected chi connectivity index (χ3v) is 4.10. The van der Waals surface area contributed by atoms with E-state index in [1.807, 2.05) is 0 Å². The number of non-ortho nitro benzene ring substituents is 1. The van der Waals surface area contributed by atoms with Gasteiger partial charge in [-0.1, -0.05) is 0 Å². The molecule has 0 aromatic heterocycles. The number of ether oxygens (including phenoxy) is 1. The second kappa shape index (κ2) is 8.31. The molecule has 21 heavy (non-hydrogen) atoms. The van der Waals surface area contributed by atoms with Crippen molar-refractivity contribution in [2.24, 2.45) is 0 Å². The number of piperidine rings is 1. The summed E-state index contributed by atoms with van der Waals surface area (Å²) < 4.78 is 6.53. The Morgan fingerprint density at radius 2 is 2.19 bits per heavy atom. The summed E-state index contributed by atoms with van der Waals surface area (Å²) in [5, 5.41) is 17.2. The fraction of sp³-hybridized carbons (Fsp3) is 0.571. The third-order valence-electron chi connectivity index (χ3n) is 3.44. The zero-order valence-electron chi connectivity index (χ0n) is 11.8. The standard InChI is InChI=1S/C14H20BrN3O3/c15-13-10-11(18(19)20)2-3-14(13)17-6-1-9-21-12-4-7-16-8-5-12/h2-3,10,12,16-17H,1,4-9H2. The molecule has 1 fully saturated rings. The maximum atomic E-state index is 10.7. The molecule has 1 saturated heterocycles. The van der Waals surface area contributed by atoms with Crippen LogP contribution in [0.1, 0.15) is 19.3 Å². The van der Waals surface area contributed by atoms with Crippen molar-refractivity contribution in [1.29, 1.82) is 0 Å². The SMILES string of the molecule is O=[N+]([O-])c1ccc(NCCCOC2CCNCC2)c(Br)c1. The molecule has 1 aliphatic heterocycles. The lowest BCUT2D eigenvalue weighted by Crippen LogP contribution is -2.32. The lowest BCUT2D eigenvalue weighted by Gasteiger charge is -2.23. The molecule has 1 aromatic carbocycles. The van der Waals surface area contributed by atoms with Gasteiger partial charge in [0, 0.05) is 35.4 Å². The predicted octanol–water partition coefficient (Wildman–Crippen LogP) is 2.93. The van der Waals surface area contributed by atoms with Crippen LogP contribution < -0.4 is 10.6 Å². The first-order valence-corrected chi connectivity index (χ1v) is 7.96. The van der Waals surface area contributed by atoms with E-state index in [9.17, 15) is 10.1 Å². The van der Waals surface area contributed by atoms with Crippen molar-refractivity contribution in [3.63, 3.8) is 0 Å². The highest BCUT2D eigenvalue weighted by Gasteiger charge is 2.12. The molecule has 116 valence electrons. The summed E-state index contributed by atoms with van der Waals surface area (Å²) in [6, 6.07) is 4.72. The Labute approximate surface area is 132 Å². The van der Waals surface area contributed by atoms with Gasteiger partial charge in [0.2, 0.25) is 0 Å². The van der Waals surface area contributed by atoms with Gasteiger partial charge < -0.3 is 15.4 Å². The molecule has 0 unspecified atom stereocenters. The quantitative estimate of drug-likeness (QED) is 0.445. The zero-order valence-corrected chi connectivity index (χ0v) is 13.4. The van der Waals surface area contributed by atoms with Crippen molar-refractivity contribution < 1.29 is 9.66 Å². The molecule has 0 radical (unpaired) electrons. The molecule has 1 heterocycles. The van der Waals surface area contributed by atoms with Gasteiger partial charge in [0.05, 0.1) is 11.0 Å². The lowest BCUT2D eigenvalue weighted by atomic mass is 10.1. The molecule has 0 atom stereocenters. The average molecular weight is 358 g/mol. The fourth-order valence-electron chi connectivity index (χ4n) is 2.27. The van der Waals surface area contributed by atoms with Gasteiger partial charge in [-0.05, 0) is 54.3 Å².